The first-order valence-corrected chi connectivity index (χ1v) is 6.62. The highest BCUT2D eigenvalue weighted by atomic mass is 16.5. The Hall–Kier alpha value is -1.59. The van der Waals surface area contributed by atoms with Crippen molar-refractivity contribution in [2.75, 3.05) is 7.11 Å². The van der Waals surface area contributed by atoms with Crippen molar-refractivity contribution >= 4 is 17.8 Å². The van der Waals surface area contributed by atoms with Gasteiger partial charge in [0.25, 0.3) is 0 Å². The van der Waals surface area contributed by atoms with Crippen LogP contribution in [-0.2, 0) is 19.1 Å². The topological polar surface area (TPSA) is 92.7 Å². The standard InChI is InChI=1S/C13H21NO5/c1-19-12(16)8-10(13(17)18)14-11(15)7-9-5-3-2-4-6-9/h9-10H,2-8H2,1H3,(H,14,15)(H,17,18)/t10-/m0/s1. The number of aliphatic carboxylic acids is 1. The highest BCUT2D eigenvalue weighted by Crippen LogP contribution is 2.26. The number of carbonyl (C=O) groups is 3. The van der Waals surface area contributed by atoms with Crippen LogP contribution in [0.5, 0.6) is 0 Å². The maximum Gasteiger partial charge on any atom is 0.326 e. The lowest BCUT2D eigenvalue weighted by atomic mass is 9.87. The summed E-state index contributed by atoms with van der Waals surface area (Å²) in [7, 11) is 1.19. The number of carboxylic acid groups (broad SMARTS) is 1. The average Bonchev–Trinajstić information content (AvgIpc) is 2.38. The fourth-order valence-corrected chi connectivity index (χ4v) is 2.36. The Bertz CT molecular complexity index is 336. The number of methoxy groups -OCH3 is 1. The van der Waals surface area contributed by atoms with E-state index in [-0.39, 0.29) is 12.3 Å². The van der Waals surface area contributed by atoms with Gasteiger partial charge in [-0.3, -0.25) is 9.59 Å². The summed E-state index contributed by atoms with van der Waals surface area (Å²) in [5, 5.41) is 11.3. The maximum atomic E-state index is 11.8. The predicted octanol–water partition coefficient (Wildman–Crippen LogP) is 1.09. The lowest BCUT2D eigenvalue weighted by molar-refractivity contribution is -0.148. The molecule has 0 radical (unpaired) electrons. The second kappa shape index (κ2) is 7.76. The number of esters is 1. The number of nitrogens with one attached hydrogen (secondary N) is 1. The Morgan fingerprint density at radius 2 is 1.89 bits per heavy atom. The van der Waals surface area contributed by atoms with Crippen molar-refractivity contribution in [2.45, 2.75) is 51.0 Å². The third-order valence-electron chi connectivity index (χ3n) is 3.43. The quantitative estimate of drug-likeness (QED) is 0.705. The smallest absolute Gasteiger partial charge is 0.326 e. The molecule has 1 fully saturated rings. The molecule has 0 unspecified atom stereocenters. The van der Waals surface area contributed by atoms with Crippen LogP contribution in [-0.4, -0.2) is 36.1 Å². The van der Waals surface area contributed by atoms with Gasteiger partial charge in [0, 0.05) is 6.42 Å². The van der Waals surface area contributed by atoms with Gasteiger partial charge in [0.05, 0.1) is 13.5 Å². The Balaban J connectivity index is 2.41. The maximum absolute atomic E-state index is 11.8. The van der Waals surface area contributed by atoms with Gasteiger partial charge in [-0.15, -0.1) is 0 Å². The molecule has 1 atom stereocenters. The molecular weight excluding hydrogens is 250 g/mol. The molecule has 6 nitrogen and oxygen atoms in total. The molecule has 0 saturated heterocycles. The first kappa shape index (κ1) is 15.5. The Morgan fingerprint density at radius 3 is 2.42 bits per heavy atom. The average molecular weight is 271 g/mol. The first-order valence-electron chi connectivity index (χ1n) is 6.62. The van der Waals surface area contributed by atoms with E-state index >= 15 is 0 Å². The van der Waals surface area contributed by atoms with Crippen molar-refractivity contribution in [3.8, 4) is 0 Å². The summed E-state index contributed by atoms with van der Waals surface area (Å²) >= 11 is 0. The van der Waals surface area contributed by atoms with Crippen molar-refractivity contribution in [3.05, 3.63) is 0 Å². The van der Waals surface area contributed by atoms with Crippen molar-refractivity contribution in [3.63, 3.8) is 0 Å². The van der Waals surface area contributed by atoms with Crippen molar-refractivity contribution < 1.29 is 24.2 Å². The van der Waals surface area contributed by atoms with Crippen LogP contribution in [0.3, 0.4) is 0 Å². The van der Waals surface area contributed by atoms with Crippen molar-refractivity contribution in [1.29, 1.82) is 0 Å². The molecule has 1 saturated carbocycles. The zero-order valence-electron chi connectivity index (χ0n) is 11.2. The van der Waals surface area contributed by atoms with Gasteiger partial charge in [0.2, 0.25) is 5.91 Å². The van der Waals surface area contributed by atoms with Gasteiger partial charge in [-0.1, -0.05) is 19.3 Å². The summed E-state index contributed by atoms with van der Waals surface area (Å²) in [5.41, 5.74) is 0. The Labute approximate surface area is 112 Å². The second-order valence-corrected chi connectivity index (χ2v) is 4.95. The zero-order valence-corrected chi connectivity index (χ0v) is 11.2. The molecule has 0 aliphatic heterocycles. The van der Waals surface area contributed by atoms with Gasteiger partial charge in [0.15, 0.2) is 0 Å². The third kappa shape index (κ3) is 5.72. The van der Waals surface area contributed by atoms with Crippen LogP contribution in [0.2, 0.25) is 0 Å². The fourth-order valence-electron chi connectivity index (χ4n) is 2.36. The van der Waals surface area contributed by atoms with E-state index < -0.39 is 18.0 Å². The minimum absolute atomic E-state index is 0.303. The monoisotopic (exact) mass is 271 g/mol. The van der Waals surface area contributed by atoms with Gasteiger partial charge >= 0.3 is 11.9 Å². The van der Waals surface area contributed by atoms with Crippen molar-refractivity contribution in [1.82, 2.24) is 5.32 Å². The van der Waals surface area contributed by atoms with Crippen LogP contribution in [0.25, 0.3) is 0 Å². The highest BCUT2D eigenvalue weighted by molar-refractivity contribution is 5.87. The molecule has 0 spiro atoms. The molecule has 108 valence electrons. The fraction of sp³-hybridized carbons (Fsp3) is 0.769. The summed E-state index contributed by atoms with van der Waals surface area (Å²) in [6, 6.07) is -1.21. The van der Waals surface area contributed by atoms with Gasteiger partial charge in [-0.25, -0.2) is 4.79 Å². The number of ether oxygens (including phenoxy) is 1. The summed E-state index contributed by atoms with van der Waals surface area (Å²) in [6.07, 6.45) is 5.49. The lowest BCUT2D eigenvalue weighted by Crippen LogP contribution is -2.43. The first-order chi connectivity index (χ1) is 9.02. The van der Waals surface area contributed by atoms with E-state index in [9.17, 15) is 14.4 Å². The van der Waals surface area contributed by atoms with E-state index in [0.717, 1.165) is 25.7 Å². The number of carbonyl (C=O) groups excluding carboxylic acids is 2. The number of rotatable bonds is 6. The summed E-state index contributed by atoms with van der Waals surface area (Å²) < 4.78 is 4.41. The largest absolute Gasteiger partial charge is 0.480 e. The highest BCUT2D eigenvalue weighted by Gasteiger charge is 2.25. The predicted molar refractivity (Wildman–Crippen MR) is 67.4 cm³/mol. The lowest BCUT2D eigenvalue weighted by Gasteiger charge is -2.22. The molecule has 1 amide bonds. The summed E-state index contributed by atoms with van der Waals surface area (Å²) in [4.78, 5) is 33.8. The Morgan fingerprint density at radius 1 is 1.26 bits per heavy atom. The van der Waals surface area contributed by atoms with Crippen LogP contribution in [0, 0.1) is 5.92 Å². The van der Waals surface area contributed by atoms with E-state index in [1.54, 1.807) is 0 Å². The van der Waals surface area contributed by atoms with E-state index in [0.29, 0.717) is 12.3 Å². The second-order valence-electron chi connectivity index (χ2n) is 4.95. The molecule has 1 aliphatic rings. The van der Waals surface area contributed by atoms with Crippen LogP contribution in [0.4, 0.5) is 0 Å². The van der Waals surface area contributed by atoms with Gasteiger partial charge in [-0.05, 0) is 18.8 Å². The molecule has 0 aromatic rings. The Kier molecular flexibility index (Phi) is 6.32. The van der Waals surface area contributed by atoms with Crippen LogP contribution in [0.15, 0.2) is 0 Å². The number of amides is 1. The third-order valence-corrected chi connectivity index (χ3v) is 3.43. The molecule has 0 aromatic carbocycles. The number of carboxylic acids is 1. The van der Waals surface area contributed by atoms with Gasteiger partial charge in [0.1, 0.15) is 6.04 Å². The molecule has 0 aromatic heterocycles. The number of hydrogen-bond donors (Lipinski definition) is 2. The van der Waals surface area contributed by atoms with Crippen molar-refractivity contribution in [2.24, 2.45) is 5.92 Å². The molecule has 2 N–H and O–H groups in total. The van der Waals surface area contributed by atoms with E-state index in [1.807, 2.05) is 0 Å². The molecule has 6 heteroatoms. The SMILES string of the molecule is COC(=O)C[C@H](NC(=O)CC1CCCCC1)C(=O)O. The van der Waals surface area contributed by atoms with E-state index in [4.69, 9.17) is 5.11 Å². The molecular formula is C13H21NO5. The van der Waals surface area contributed by atoms with E-state index in [2.05, 4.69) is 10.1 Å². The molecule has 19 heavy (non-hydrogen) atoms. The van der Waals surface area contributed by atoms with Crippen LogP contribution >= 0.6 is 0 Å². The van der Waals surface area contributed by atoms with Gasteiger partial charge in [-0.2, -0.15) is 0 Å². The van der Waals surface area contributed by atoms with Crippen LogP contribution in [0.1, 0.15) is 44.9 Å². The molecule has 0 bridgehead atoms. The normalized spacial score (nSPS) is 17.5. The summed E-state index contributed by atoms with van der Waals surface area (Å²) in [6.45, 7) is 0. The molecule has 1 rings (SSSR count). The molecule has 1 aliphatic carbocycles. The number of hydrogen-bond acceptors (Lipinski definition) is 4. The minimum atomic E-state index is -1.22. The van der Waals surface area contributed by atoms with Crippen LogP contribution < -0.4 is 5.32 Å². The molecule has 0 heterocycles. The minimum Gasteiger partial charge on any atom is -0.480 e. The summed E-state index contributed by atoms with van der Waals surface area (Å²) in [5.74, 6) is -1.84. The van der Waals surface area contributed by atoms with Gasteiger partial charge < -0.3 is 15.2 Å². The van der Waals surface area contributed by atoms with E-state index in [1.165, 1.54) is 13.5 Å². The zero-order chi connectivity index (χ0) is 14.3.